The van der Waals surface area contributed by atoms with Crippen molar-refractivity contribution in [2.24, 2.45) is 5.92 Å². The number of nitrogens with zero attached hydrogens (tertiary/aromatic N) is 3. The SMILES string of the molecule is CC(C)n1nccc1[C@@H]1OCCC[C@H]1C(=O)NCc1ccno1. The normalized spacial score (nSPS) is 21.5. The zero-order valence-corrected chi connectivity index (χ0v) is 13.4. The molecule has 0 radical (unpaired) electrons. The highest BCUT2D eigenvalue weighted by Gasteiger charge is 2.35. The molecule has 0 aliphatic carbocycles. The Morgan fingerprint density at radius 2 is 2.30 bits per heavy atom. The maximum atomic E-state index is 12.6. The molecule has 1 amide bonds. The molecule has 2 aromatic rings. The van der Waals surface area contributed by atoms with Crippen LogP contribution in [0.1, 0.15) is 50.3 Å². The number of hydrogen-bond donors (Lipinski definition) is 1. The van der Waals surface area contributed by atoms with Gasteiger partial charge in [0.25, 0.3) is 0 Å². The highest BCUT2D eigenvalue weighted by Crippen LogP contribution is 2.34. The predicted octanol–water partition coefficient (Wildman–Crippen LogP) is 2.24. The van der Waals surface area contributed by atoms with Gasteiger partial charge >= 0.3 is 0 Å². The molecule has 3 heterocycles. The number of rotatable bonds is 5. The number of ether oxygens (including phenoxy) is 1. The number of carbonyl (C=O) groups is 1. The lowest BCUT2D eigenvalue weighted by molar-refractivity contribution is -0.135. The smallest absolute Gasteiger partial charge is 0.226 e. The first kappa shape index (κ1) is 15.7. The number of hydrogen-bond acceptors (Lipinski definition) is 5. The van der Waals surface area contributed by atoms with Gasteiger partial charge in [-0.2, -0.15) is 5.10 Å². The molecule has 1 saturated heterocycles. The fourth-order valence-corrected chi connectivity index (χ4v) is 2.96. The second-order valence-corrected chi connectivity index (χ2v) is 6.03. The Bertz CT molecular complexity index is 636. The Labute approximate surface area is 135 Å². The van der Waals surface area contributed by atoms with Gasteiger partial charge in [0.1, 0.15) is 6.10 Å². The maximum Gasteiger partial charge on any atom is 0.226 e. The maximum absolute atomic E-state index is 12.6. The molecule has 0 unspecified atom stereocenters. The molecule has 124 valence electrons. The molecule has 0 aromatic carbocycles. The summed E-state index contributed by atoms with van der Waals surface area (Å²) < 4.78 is 12.9. The first-order valence-electron chi connectivity index (χ1n) is 7.99. The van der Waals surface area contributed by atoms with E-state index in [0.717, 1.165) is 18.5 Å². The molecular formula is C16H22N4O3. The Kier molecular flexibility index (Phi) is 4.76. The predicted molar refractivity (Wildman–Crippen MR) is 82.4 cm³/mol. The van der Waals surface area contributed by atoms with Gasteiger partial charge in [0, 0.05) is 24.9 Å². The van der Waals surface area contributed by atoms with E-state index in [1.807, 2.05) is 10.7 Å². The quantitative estimate of drug-likeness (QED) is 0.914. The van der Waals surface area contributed by atoms with Gasteiger partial charge in [0.2, 0.25) is 5.91 Å². The van der Waals surface area contributed by atoms with Gasteiger partial charge in [-0.1, -0.05) is 5.16 Å². The molecule has 1 N–H and O–H groups in total. The molecule has 2 atom stereocenters. The Hall–Kier alpha value is -2.15. The van der Waals surface area contributed by atoms with Gasteiger partial charge in [0.15, 0.2) is 5.76 Å². The van der Waals surface area contributed by atoms with Crippen LogP contribution in [0.5, 0.6) is 0 Å². The van der Waals surface area contributed by atoms with E-state index in [9.17, 15) is 4.79 Å². The molecular weight excluding hydrogens is 296 g/mol. The van der Waals surface area contributed by atoms with Crippen LogP contribution in [0.15, 0.2) is 29.0 Å². The minimum atomic E-state index is -0.261. The lowest BCUT2D eigenvalue weighted by atomic mass is 9.91. The Morgan fingerprint density at radius 1 is 1.43 bits per heavy atom. The largest absolute Gasteiger partial charge is 0.371 e. The minimum absolute atomic E-state index is 0.0254. The molecule has 7 heteroatoms. The van der Waals surface area contributed by atoms with E-state index in [0.29, 0.717) is 18.9 Å². The molecule has 1 aliphatic rings. The summed E-state index contributed by atoms with van der Waals surface area (Å²) in [4.78, 5) is 12.6. The summed E-state index contributed by atoms with van der Waals surface area (Å²) in [6.07, 6.45) is 4.75. The highest BCUT2D eigenvalue weighted by molar-refractivity contribution is 5.79. The lowest BCUT2D eigenvalue weighted by Gasteiger charge is -2.31. The van der Waals surface area contributed by atoms with E-state index in [1.54, 1.807) is 18.5 Å². The second kappa shape index (κ2) is 6.95. The van der Waals surface area contributed by atoms with E-state index in [1.165, 1.54) is 0 Å². The topological polar surface area (TPSA) is 82.2 Å². The van der Waals surface area contributed by atoms with E-state index < -0.39 is 0 Å². The van der Waals surface area contributed by atoms with Crippen molar-refractivity contribution in [1.29, 1.82) is 0 Å². The first-order chi connectivity index (χ1) is 11.2. The van der Waals surface area contributed by atoms with Crippen LogP contribution in [0.3, 0.4) is 0 Å². The molecule has 3 rings (SSSR count). The van der Waals surface area contributed by atoms with Crippen LogP contribution < -0.4 is 5.32 Å². The number of aromatic nitrogens is 3. The molecule has 23 heavy (non-hydrogen) atoms. The van der Waals surface area contributed by atoms with Gasteiger partial charge in [-0.25, -0.2) is 0 Å². The van der Waals surface area contributed by atoms with Crippen molar-refractivity contribution in [1.82, 2.24) is 20.3 Å². The molecule has 2 aromatic heterocycles. The third kappa shape index (κ3) is 3.44. The summed E-state index contributed by atoms with van der Waals surface area (Å²) in [5, 5.41) is 10.9. The fraction of sp³-hybridized carbons (Fsp3) is 0.562. The number of carbonyl (C=O) groups excluding carboxylic acids is 1. The molecule has 0 spiro atoms. The molecule has 1 aliphatic heterocycles. The van der Waals surface area contributed by atoms with Crippen LogP contribution in [0.2, 0.25) is 0 Å². The monoisotopic (exact) mass is 318 g/mol. The number of amides is 1. The van der Waals surface area contributed by atoms with Crippen molar-refractivity contribution >= 4 is 5.91 Å². The molecule has 1 fully saturated rings. The summed E-state index contributed by atoms with van der Waals surface area (Å²) in [5.41, 5.74) is 0.958. The van der Waals surface area contributed by atoms with E-state index in [2.05, 4.69) is 29.4 Å². The zero-order valence-electron chi connectivity index (χ0n) is 13.4. The van der Waals surface area contributed by atoms with Crippen LogP contribution in [0, 0.1) is 5.92 Å². The Balaban J connectivity index is 1.73. The Morgan fingerprint density at radius 3 is 3.04 bits per heavy atom. The lowest BCUT2D eigenvalue weighted by Crippen LogP contribution is -2.38. The van der Waals surface area contributed by atoms with E-state index in [-0.39, 0.29) is 24.0 Å². The average molecular weight is 318 g/mol. The third-order valence-electron chi connectivity index (χ3n) is 4.07. The molecule has 0 saturated carbocycles. The van der Waals surface area contributed by atoms with Crippen LogP contribution in [-0.2, 0) is 16.1 Å². The van der Waals surface area contributed by atoms with E-state index >= 15 is 0 Å². The van der Waals surface area contributed by atoms with Crippen LogP contribution >= 0.6 is 0 Å². The van der Waals surface area contributed by atoms with Crippen molar-refractivity contribution < 1.29 is 14.1 Å². The fourth-order valence-electron chi connectivity index (χ4n) is 2.96. The van der Waals surface area contributed by atoms with Crippen LogP contribution in [-0.4, -0.2) is 27.5 Å². The summed E-state index contributed by atoms with van der Waals surface area (Å²) in [6, 6.07) is 3.90. The van der Waals surface area contributed by atoms with E-state index in [4.69, 9.17) is 9.26 Å². The van der Waals surface area contributed by atoms with Crippen LogP contribution in [0.25, 0.3) is 0 Å². The first-order valence-corrected chi connectivity index (χ1v) is 7.99. The summed E-state index contributed by atoms with van der Waals surface area (Å²) >= 11 is 0. The summed E-state index contributed by atoms with van der Waals surface area (Å²) in [5.74, 6) is 0.391. The van der Waals surface area contributed by atoms with Crippen molar-refractivity contribution in [3.63, 3.8) is 0 Å². The minimum Gasteiger partial charge on any atom is -0.371 e. The van der Waals surface area contributed by atoms with Gasteiger partial charge in [-0.3, -0.25) is 9.48 Å². The van der Waals surface area contributed by atoms with Crippen molar-refractivity contribution in [3.8, 4) is 0 Å². The van der Waals surface area contributed by atoms with Gasteiger partial charge in [-0.05, 0) is 32.8 Å². The van der Waals surface area contributed by atoms with Crippen molar-refractivity contribution in [3.05, 3.63) is 36.0 Å². The van der Waals surface area contributed by atoms with Gasteiger partial charge in [0.05, 0.1) is 24.4 Å². The summed E-state index contributed by atoms with van der Waals surface area (Å²) in [6.45, 7) is 5.14. The third-order valence-corrected chi connectivity index (χ3v) is 4.07. The zero-order chi connectivity index (χ0) is 16.2. The second-order valence-electron chi connectivity index (χ2n) is 6.03. The summed E-state index contributed by atoms with van der Waals surface area (Å²) in [7, 11) is 0. The number of nitrogens with one attached hydrogen (secondary N) is 1. The highest BCUT2D eigenvalue weighted by atomic mass is 16.5. The molecule has 0 bridgehead atoms. The van der Waals surface area contributed by atoms with Gasteiger partial charge < -0.3 is 14.6 Å². The van der Waals surface area contributed by atoms with Crippen LogP contribution in [0.4, 0.5) is 0 Å². The standard InChI is InChI=1S/C16H22N4O3/c1-11(2)20-14(6-7-18-20)15-13(4-3-9-22-15)16(21)17-10-12-5-8-19-23-12/h5-8,11,13,15H,3-4,9-10H2,1-2H3,(H,17,21)/t13-,15-/m1/s1. The van der Waals surface area contributed by atoms with Crippen molar-refractivity contribution in [2.45, 2.75) is 45.4 Å². The van der Waals surface area contributed by atoms with Gasteiger partial charge in [-0.15, -0.1) is 0 Å². The average Bonchev–Trinajstić information content (AvgIpc) is 3.23. The van der Waals surface area contributed by atoms with Crippen molar-refractivity contribution in [2.75, 3.05) is 6.61 Å². The molecule has 7 nitrogen and oxygen atoms in total.